The Morgan fingerprint density at radius 2 is 1.85 bits per heavy atom. The number of hydrogen-bond donors (Lipinski definition) is 2. The first-order chi connectivity index (χ1) is 9.52. The van der Waals surface area contributed by atoms with E-state index >= 15 is 0 Å². The zero-order chi connectivity index (χ0) is 14.7. The van der Waals surface area contributed by atoms with Crippen molar-refractivity contribution in [2.24, 2.45) is 5.73 Å². The molecule has 0 aliphatic heterocycles. The molecule has 20 heavy (non-hydrogen) atoms. The molecule has 0 radical (unpaired) electrons. The summed E-state index contributed by atoms with van der Waals surface area (Å²) in [6.07, 6.45) is 0. The molecular formula is C15H15ClF2N2. The van der Waals surface area contributed by atoms with Crippen LogP contribution in [0, 0.1) is 18.6 Å². The number of aryl methyl sites for hydroxylation is 1. The van der Waals surface area contributed by atoms with Crippen molar-refractivity contribution in [3.8, 4) is 0 Å². The molecule has 0 aliphatic carbocycles. The Morgan fingerprint density at radius 3 is 2.40 bits per heavy atom. The van der Waals surface area contributed by atoms with Gasteiger partial charge in [0.2, 0.25) is 0 Å². The van der Waals surface area contributed by atoms with Gasteiger partial charge in [0, 0.05) is 22.8 Å². The molecule has 1 atom stereocenters. The number of hydrogen-bond acceptors (Lipinski definition) is 2. The summed E-state index contributed by atoms with van der Waals surface area (Å²) in [5.74, 6) is -1.24. The van der Waals surface area contributed by atoms with Crippen LogP contribution in [0.2, 0.25) is 5.02 Å². The fourth-order valence-corrected chi connectivity index (χ4v) is 2.16. The van der Waals surface area contributed by atoms with Crippen molar-refractivity contribution in [3.63, 3.8) is 0 Å². The fourth-order valence-electron chi connectivity index (χ4n) is 1.98. The summed E-state index contributed by atoms with van der Waals surface area (Å²) in [5, 5.41) is 3.59. The van der Waals surface area contributed by atoms with Crippen LogP contribution in [-0.4, -0.2) is 6.54 Å². The zero-order valence-corrected chi connectivity index (χ0v) is 11.7. The van der Waals surface area contributed by atoms with E-state index in [0.29, 0.717) is 10.7 Å². The Balaban J connectivity index is 2.31. The highest BCUT2D eigenvalue weighted by atomic mass is 35.5. The molecule has 0 aromatic heterocycles. The van der Waals surface area contributed by atoms with E-state index < -0.39 is 17.7 Å². The fraction of sp³-hybridized carbons (Fsp3) is 0.200. The molecule has 0 spiro atoms. The standard InChI is InChI=1S/C15H15ClF2N2/c1-9-5-6-10(7-11(9)16)20-14(8-19)15-12(17)3-2-4-13(15)18/h2-7,14,20H,8,19H2,1H3. The molecule has 2 nitrogen and oxygen atoms in total. The highest BCUT2D eigenvalue weighted by Crippen LogP contribution is 2.26. The van der Waals surface area contributed by atoms with Gasteiger partial charge < -0.3 is 11.1 Å². The summed E-state index contributed by atoms with van der Waals surface area (Å²) < 4.78 is 27.5. The lowest BCUT2D eigenvalue weighted by atomic mass is 10.0. The van der Waals surface area contributed by atoms with E-state index in [0.717, 1.165) is 5.56 Å². The van der Waals surface area contributed by atoms with Gasteiger partial charge in [0.1, 0.15) is 11.6 Å². The Hall–Kier alpha value is -1.65. The van der Waals surface area contributed by atoms with Crippen LogP contribution in [0.15, 0.2) is 36.4 Å². The summed E-state index contributed by atoms with van der Waals surface area (Å²) in [7, 11) is 0. The Kier molecular flexibility index (Phi) is 4.57. The van der Waals surface area contributed by atoms with Gasteiger partial charge >= 0.3 is 0 Å². The third-order valence-corrected chi connectivity index (χ3v) is 3.50. The lowest BCUT2D eigenvalue weighted by molar-refractivity contribution is 0.537. The van der Waals surface area contributed by atoms with Gasteiger partial charge in [-0.3, -0.25) is 0 Å². The topological polar surface area (TPSA) is 38.0 Å². The van der Waals surface area contributed by atoms with Crippen LogP contribution < -0.4 is 11.1 Å². The Labute approximate surface area is 121 Å². The number of rotatable bonds is 4. The van der Waals surface area contributed by atoms with Gasteiger partial charge in [-0.1, -0.05) is 23.7 Å². The summed E-state index contributed by atoms with van der Waals surface area (Å²) in [5.41, 5.74) is 7.16. The van der Waals surface area contributed by atoms with Crippen LogP contribution in [0.3, 0.4) is 0 Å². The minimum atomic E-state index is -0.657. The maximum atomic E-state index is 13.8. The van der Waals surface area contributed by atoms with Crippen molar-refractivity contribution >= 4 is 17.3 Å². The molecule has 0 fully saturated rings. The molecule has 0 saturated carbocycles. The summed E-state index contributed by atoms with van der Waals surface area (Å²) in [6.45, 7) is 1.94. The van der Waals surface area contributed by atoms with Crippen LogP contribution in [0.1, 0.15) is 17.2 Å². The van der Waals surface area contributed by atoms with E-state index in [1.807, 2.05) is 13.0 Å². The van der Waals surface area contributed by atoms with Gasteiger partial charge in [0.25, 0.3) is 0 Å². The predicted molar refractivity (Wildman–Crippen MR) is 78.0 cm³/mol. The van der Waals surface area contributed by atoms with Gasteiger partial charge in [-0.05, 0) is 36.8 Å². The Bertz CT molecular complexity index is 597. The number of anilines is 1. The van der Waals surface area contributed by atoms with Crippen LogP contribution in [0.4, 0.5) is 14.5 Å². The second-order valence-corrected chi connectivity index (χ2v) is 4.94. The van der Waals surface area contributed by atoms with E-state index in [2.05, 4.69) is 5.32 Å². The number of nitrogens with one attached hydrogen (secondary N) is 1. The third-order valence-electron chi connectivity index (χ3n) is 3.10. The summed E-state index contributed by atoms with van der Waals surface area (Å²) >= 11 is 6.03. The predicted octanol–water partition coefficient (Wildman–Crippen LogP) is 4.04. The van der Waals surface area contributed by atoms with Crippen molar-refractivity contribution in [2.75, 3.05) is 11.9 Å². The van der Waals surface area contributed by atoms with E-state index in [4.69, 9.17) is 17.3 Å². The lowest BCUT2D eigenvalue weighted by Crippen LogP contribution is -2.23. The quantitative estimate of drug-likeness (QED) is 0.893. The molecule has 0 amide bonds. The molecule has 0 heterocycles. The first kappa shape index (κ1) is 14.8. The SMILES string of the molecule is Cc1ccc(NC(CN)c2c(F)cccc2F)cc1Cl. The second-order valence-electron chi connectivity index (χ2n) is 4.53. The summed E-state index contributed by atoms with van der Waals surface area (Å²) in [4.78, 5) is 0. The van der Waals surface area contributed by atoms with Crippen LogP contribution in [-0.2, 0) is 0 Å². The van der Waals surface area contributed by atoms with Crippen molar-refractivity contribution in [3.05, 3.63) is 64.2 Å². The molecule has 3 N–H and O–H groups in total. The smallest absolute Gasteiger partial charge is 0.131 e. The summed E-state index contributed by atoms with van der Waals surface area (Å²) in [6, 6.07) is 8.42. The minimum absolute atomic E-state index is 0.0589. The van der Waals surface area contributed by atoms with E-state index in [-0.39, 0.29) is 12.1 Å². The Morgan fingerprint density at radius 1 is 1.20 bits per heavy atom. The molecule has 0 saturated heterocycles. The number of benzene rings is 2. The zero-order valence-electron chi connectivity index (χ0n) is 11.0. The van der Waals surface area contributed by atoms with E-state index in [9.17, 15) is 8.78 Å². The first-order valence-corrected chi connectivity index (χ1v) is 6.57. The molecular weight excluding hydrogens is 282 g/mol. The normalized spacial score (nSPS) is 12.2. The van der Waals surface area contributed by atoms with Crippen molar-refractivity contribution in [1.82, 2.24) is 0 Å². The van der Waals surface area contributed by atoms with Crippen LogP contribution in [0.25, 0.3) is 0 Å². The second kappa shape index (κ2) is 6.20. The van der Waals surface area contributed by atoms with Crippen LogP contribution in [0.5, 0.6) is 0 Å². The van der Waals surface area contributed by atoms with Gasteiger partial charge in [0.15, 0.2) is 0 Å². The minimum Gasteiger partial charge on any atom is -0.377 e. The maximum absolute atomic E-state index is 13.8. The largest absolute Gasteiger partial charge is 0.377 e. The average molecular weight is 297 g/mol. The molecule has 0 bridgehead atoms. The highest BCUT2D eigenvalue weighted by molar-refractivity contribution is 6.31. The van der Waals surface area contributed by atoms with E-state index in [1.165, 1.54) is 18.2 Å². The maximum Gasteiger partial charge on any atom is 0.131 e. The molecule has 2 rings (SSSR count). The highest BCUT2D eigenvalue weighted by Gasteiger charge is 2.18. The van der Waals surface area contributed by atoms with Gasteiger partial charge in [0.05, 0.1) is 6.04 Å². The number of nitrogens with two attached hydrogens (primary N) is 1. The molecule has 2 aromatic rings. The van der Waals surface area contributed by atoms with Crippen molar-refractivity contribution in [1.29, 1.82) is 0 Å². The molecule has 0 aliphatic rings. The van der Waals surface area contributed by atoms with E-state index in [1.54, 1.807) is 12.1 Å². The molecule has 5 heteroatoms. The molecule has 1 unspecified atom stereocenters. The van der Waals surface area contributed by atoms with Crippen molar-refractivity contribution in [2.45, 2.75) is 13.0 Å². The van der Waals surface area contributed by atoms with Gasteiger partial charge in [-0.2, -0.15) is 0 Å². The van der Waals surface area contributed by atoms with Crippen molar-refractivity contribution < 1.29 is 8.78 Å². The van der Waals surface area contributed by atoms with Gasteiger partial charge in [-0.15, -0.1) is 0 Å². The first-order valence-electron chi connectivity index (χ1n) is 6.19. The van der Waals surface area contributed by atoms with Gasteiger partial charge in [-0.25, -0.2) is 8.78 Å². The monoisotopic (exact) mass is 296 g/mol. The molecule has 106 valence electrons. The molecule has 2 aromatic carbocycles. The average Bonchev–Trinajstić information content (AvgIpc) is 2.41. The number of halogens is 3. The lowest BCUT2D eigenvalue weighted by Gasteiger charge is -2.20. The third kappa shape index (κ3) is 3.08. The van der Waals surface area contributed by atoms with Crippen LogP contribution >= 0.6 is 11.6 Å².